The number of nitrogens with zero attached hydrogens (tertiary/aromatic N) is 4. The SMILES string of the molecule is COc1ccc(-c2noc([C@H]3CCCN(S(=O)(=O)c4c(C)n[nH]c4C)C3)n2)cc1OC. The first kappa shape index (κ1) is 21.3. The Morgan fingerprint density at radius 2 is 1.97 bits per heavy atom. The molecule has 10 nitrogen and oxygen atoms in total. The van der Waals surface area contributed by atoms with Crippen molar-refractivity contribution in [3.63, 3.8) is 0 Å². The Labute approximate surface area is 180 Å². The zero-order chi connectivity index (χ0) is 22.2. The van der Waals surface area contributed by atoms with Gasteiger partial charge >= 0.3 is 0 Å². The molecule has 166 valence electrons. The van der Waals surface area contributed by atoms with Gasteiger partial charge in [-0.3, -0.25) is 5.10 Å². The fourth-order valence-electron chi connectivity index (χ4n) is 3.91. The van der Waals surface area contributed by atoms with Gasteiger partial charge in [0.15, 0.2) is 11.5 Å². The van der Waals surface area contributed by atoms with E-state index in [9.17, 15) is 8.42 Å². The molecule has 0 aliphatic carbocycles. The molecule has 0 spiro atoms. The normalized spacial score (nSPS) is 17.6. The van der Waals surface area contributed by atoms with Crippen LogP contribution in [0, 0.1) is 13.8 Å². The lowest BCUT2D eigenvalue weighted by Gasteiger charge is -2.30. The van der Waals surface area contributed by atoms with Crippen molar-refractivity contribution in [2.45, 2.75) is 37.5 Å². The number of ether oxygens (including phenoxy) is 2. The molecule has 1 saturated heterocycles. The highest BCUT2D eigenvalue weighted by molar-refractivity contribution is 7.89. The summed E-state index contributed by atoms with van der Waals surface area (Å²) < 4.78 is 44.0. The number of benzene rings is 1. The van der Waals surface area contributed by atoms with Crippen molar-refractivity contribution in [2.24, 2.45) is 0 Å². The molecular weight excluding hydrogens is 422 g/mol. The van der Waals surface area contributed by atoms with Gasteiger partial charge in [0.25, 0.3) is 0 Å². The Morgan fingerprint density at radius 3 is 2.65 bits per heavy atom. The van der Waals surface area contributed by atoms with Crippen LogP contribution in [-0.2, 0) is 10.0 Å². The number of aromatic nitrogens is 4. The lowest BCUT2D eigenvalue weighted by atomic mass is 10.00. The van der Waals surface area contributed by atoms with Crippen molar-refractivity contribution in [1.29, 1.82) is 0 Å². The molecule has 31 heavy (non-hydrogen) atoms. The molecule has 0 saturated carbocycles. The molecule has 3 aromatic rings. The van der Waals surface area contributed by atoms with E-state index in [0.717, 1.165) is 12.0 Å². The van der Waals surface area contributed by atoms with E-state index >= 15 is 0 Å². The van der Waals surface area contributed by atoms with E-state index in [4.69, 9.17) is 14.0 Å². The van der Waals surface area contributed by atoms with Crippen LogP contribution in [0.4, 0.5) is 0 Å². The van der Waals surface area contributed by atoms with Crippen LogP contribution in [0.3, 0.4) is 0 Å². The van der Waals surface area contributed by atoms with Crippen molar-refractivity contribution in [2.75, 3.05) is 27.3 Å². The third kappa shape index (κ3) is 3.90. The molecule has 1 aliphatic heterocycles. The van der Waals surface area contributed by atoms with Crippen LogP contribution >= 0.6 is 0 Å². The Bertz CT molecular complexity index is 1170. The molecule has 1 aliphatic rings. The van der Waals surface area contributed by atoms with Crippen LogP contribution in [0.5, 0.6) is 11.5 Å². The number of methoxy groups -OCH3 is 2. The molecular formula is C20H25N5O5S. The molecule has 0 unspecified atom stereocenters. The summed E-state index contributed by atoms with van der Waals surface area (Å²) in [6.45, 7) is 4.12. The van der Waals surface area contributed by atoms with Crippen LogP contribution in [0.25, 0.3) is 11.4 Å². The smallest absolute Gasteiger partial charge is 0.246 e. The molecule has 0 bridgehead atoms. The van der Waals surface area contributed by atoms with E-state index in [1.807, 2.05) is 6.07 Å². The first-order valence-electron chi connectivity index (χ1n) is 9.93. The molecule has 11 heteroatoms. The summed E-state index contributed by atoms with van der Waals surface area (Å²) in [6.07, 6.45) is 1.47. The Balaban J connectivity index is 1.57. The number of piperidine rings is 1. The number of aromatic amines is 1. The van der Waals surface area contributed by atoms with Gasteiger partial charge in [0.05, 0.1) is 31.5 Å². The fourth-order valence-corrected chi connectivity index (χ4v) is 5.76. The monoisotopic (exact) mass is 447 g/mol. The Kier molecular flexibility index (Phi) is 5.71. The average Bonchev–Trinajstić information content (AvgIpc) is 3.40. The number of hydrogen-bond donors (Lipinski definition) is 1. The van der Waals surface area contributed by atoms with Gasteiger partial charge in [0.1, 0.15) is 4.90 Å². The van der Waals surface area contributed by atoms with Gasteiger partial charge in [-0.25, -0.2) is 8.42 Å². The highest BCUT2D eigenvalue weighted by Crippen LogP contribution is 2.34. The van der Waals surface area contributed by atoms with Gasteiger partial charge in [0, 0.05) is 18.7 Å². The summed E-state index contributed by atoms with van der Waals surface area (Å²) in [4.78, 5) is 4.78. The van der Waals surface area contributed by atoms with Crippen molar-refractivity contribution < 1.29 is 22.4 Å². The van der Waals surface area contributed by atoms with E-state index < -0.39 is 10.0 Å². The minimum atomic E-state index is -3.66. The first-order chi connectivity index (χ1) is 14.8. The van der Waals surface area contributed by atoms with E-state index in [2.05, 4.69) is 20.3 Å². The van der Waals surface area contributed by atoms with Gasteiger partial charge in [-0.2, -0.15) is 14.4 Å². The van der Waals surface area contributed by atoms with Crippen LogP contribution in [0.2, 0.25) is 0 Å². The zero-order valence-corrected chi connectivity index (χ0v) is 18.7. The molecule has 2 aromatic heterocycles. The number of aryl methyl sites for hydroxylation is 2. The van der Waals surface area contributed by atoms with E-state index in [0.29, 0.717) is 47.6 Å². The summed E-state index contributed by atoms with van der Waals surface area (Å²) in [7, 11) is -0.536. The minimum absolute atomic E-state index is 0.183. The predicted octanol–water partition coefficient (Wildman–Crippen LogP) is 2.66. The first-order valence-corrected chi connectivity index (χ1v) is 11.4. The molecule has 1 N–H and O–H groups in total. The standard InChI is InChI=1S/C20H25N5O5S/c1-12-18(13(2)23-22-12)31(26,27)25-9-5-6-15(11-25)20-21-19(24-30-20)14-7-8-16(28-3)17(10-14)29-4/h7-8,10,15H,5-6,9,11H2,1-4H3,(H,22,23)/t15-/m0/s1. The number of hydrogen-bond acceptors (Lipinski definition) is 8. The summed E-state index contributed by atoms with van der Waals surface area (Å²) in [5.41, 5.74) is 1.72. The van der Waals surface area contributed by atoms with Gasteiger partial charge in [-0.1, -0.05) is 5.16 Å². The van der Waals surface area contributed by atoms with E-state index in [1.54, 1.807) is 40.2 Å². The summed E-state index contributed by atoms with van der Waals surface area (Å²) in [6, 6.07) is 5.36. The average molecular weight is 448 g/mol. The summed E-state index contributed by atoms with van der Waals surface area (Å²) in [5, 5.41) is 10.9. The second-order valence-corrected chi connectivity index (χ2v) is 9.37. The highest BCUT2D eigenvalue weighted by atomic mass is 32.2. The predicted molar refractivity (Wildman–Crippen MR) is 112 cm³/mol. The fraction of sp³-hybridized carbons (Fsp3) is 0.450. The van der Waals surface area contributed by atoms with Crippen LogP contribution in [0.15, 0.2) is 27.6 Å². The zero-order valence-electron chi connectivity index (χ0n) is 17.9. The van der Waals surface area contributed by atoms with Crippen molar-refractivity contribution in [1.82, 2.24) is 24.6 Å². The maximum atomic E-state index is 13.2. The van der Waals surface area contributed by atoms with Crippen molar-refractivity contribution >= 4 is 10.0 Å². The number of rotatable bonds is 6. The van der Waals surface area contributed by atoms with Gasteiger partial charge < -0.3 is 14.0 Å². The lowest BCUT2D eigenvalue weighted by molar-refractivity contribution is 0.265. The minimum Gasteiger partial charge on any atom is -0.493 e. The van der Waals surface area contributed by atoms with Gasteiger partial charge in [-0.15, -0.1) is 0 Å². The third-order valence-electron chi connectivity index (χ3n) is 5.48. The molecule has 1 aromatic carbocycles. The maximum absolute atomic E-state index is 13.2. The van der Waals surface area contributed by atoms with Crippen molar-refractivity contribution in [3.8, 4) is 22.9 Å². The Morgan fingerprint density at radius 1 is 1.19 bits per heavy atom. The van der Waals surface area contributed by atoms with Crippen molar-refractivity contribution in [3.05, 3.63) is 35.5 Å². The van der Waals surface area contributed by atoms with E-state index in [-0.39, 0.29) is 17.4 Å². The van der Waals surface area contributed by atoms with E-state index in [1.165, 1.54) is 4.31 Å². The Hall–Kier alpha value is -2.92. The topological polar surface area (TPSA) is 123 Å². The quantitative estimate of drug-likeness (QED) is 0.612. The molecule has 3 heterocycles. The number of nitrogens with one attached hydrogen (secondary N) is 1. The largest absolute Gasteiger partial charge is 0.493 e. The molecule has 0 radical (unpaired) electrons. The highest BCUT2D eigenvalue weighted by Gasteiger charge is 2.35. The summed E-state index contributed by atoms with van der Waals surface area (Å²) in [5.74, 6) is 1.82. The van der Waals surface area contributed by atoms with Crippen LogP contribution < -0.4 is 9.47 Å². The van der Waals surface area contributed by atoms with Crippen LogP contribution in [-0.4, -0.2) is 60.4 Å². The van der Waals surface area contributed by atoms with Crippen LogP contribution in [0.1, 0.15) is 36.0 Å². The molecule has 1 atom stereocenters. The lowest BCUT2D eigenvalue weighted by Crippen LogP contribution is -2.39. The van der Waals surface area contributed by atoms with Gasteiger partial charge in [0.2, 0.25) is 21.7 Å². The maximum Gasteiger partial charge on any atom is 0.246 e. The number of H-pyrrole nitrogens is 1. The molecule has 0 amide bonds. The number of sulfonamides is 1. The second-order valence-electron chi connectivity index (χ2n) is 7.49. The van der Waals surface area contributed by atoms with Gasteiger partial charge in [-0.05, 0) is 44.9 Å². The molecule has 1 fully saturated rings. The third-order valence-corrected chi connectivity index (χ3v) is 7.60. The second kappa shape index (κ2) is 8.31. The summed E-state index contributed by atoms with van der Waals surface area (Å²) >= 11 is 0. The molecule has 4 rings (SSSR count).